The normalized spacial score (nSPS) is 20.3. The number of hydrogen-bond donors (Lipinski definition) is 1. The molecule has 0 saturated heterocycles. The van der Waals surface area contributed by atoms with Crippen molar-refractivity contribution in [3.63, 3.8) is 0 Å². The molecular weight excluding hydrogens is 520 g/mol. The Morgan fingerprint density at radius 3 is 2.64 bits per heavy atom. The van der Waals surface area contributed by atoms with Crippen LogP contribution in [0.5, 0.6) is 5.75 Å². The number of thioether (sulfide) groups is 1. The molecule has 3 atom stereocenters. The highest BCUT2D eigenvalue weighted by Crippen LogP contribution is 2.50. The van der Waals surface area contributed by atoms with Gasteiger partial charge in [-0.1, -0.05) is 29.8 Å². The third kappa shape index (κ3) is 3.96. The lowest BCUT2D eigenvalue weighted by atomic mass is 9.81. The lowest BCUT2D eigenvalue weighted by molar-refractivity contribution is -0.174. The number of carbonyl (C=O) groups is 1. The highest BCUT2D eigenvalue weighted by molar-refractivity contribution is 7.98. The molecule has 0 aliphatic carbocycles. The number of nitrogens with zero attached hydrogens (tertiary/aromatic N) is 2. The smallest absolute Gasteiger partial charge is 0.408 e. The van der Waals surface area contributed by atoms with Crippen LogP contribution < -0.4 is 5.43 Å². The Kier molecular flexibility index (Phi) is 6.07. The molecule has 11 heteroatoms. The van der Waals surface area contributed by atoms with Crippen LogP contribution in [-0.4, -0.2) is 39.2 Å². The number of alkyl halides is 3. The summed E-state index contributed by atoms with van der Waals surface area (Å²) in [5.74, 6) is -2.76. The second-order valence-corrected chi connectivity index (χ2v) is 10.2. The molecule has 2 aliphatic heterocycles. The van der Waals surface area contributed by atoms with Gasteiger partial charge in [-0.15, -0.1) is 11.8 Å². The van der Waals surface area contributed by atoms with Crippen molar-refractivity contribution in [2.45, 2.75) is 41.7 Å². The first-order valence-corrected chi connectivity index (χ1v) is 12.4. The van der Waals surface area contributed by atoms with E-state index < -0.39 is 52.8 Å². The summed E-state index contributed by atoms with van der Waals surface area (Å²) in [6, 6.07) is 7.45. The van der Waals surface area contributed by atoms with E-state index in [9.17, 15) is 32.3 Å². The van der Waals surface area contributed by atoms with Crippen molar-refractivity contribution in [3.8, 4) is 5.75 Å². The summed E-state index contributed by atoms with van der Waals surface area (Å²) in [6.45, 7) is 0.474. The van der Waals surface area contributed by atoms with Gasteiger partial charge in [0.05, 0.1) is 6.04 Å². The Hall–Kier alpha value is -2.98. The molecule has 5 rings (SSSR count). The second-order valence-electron chi connectivity index (χ2n) is 8.79. The number of benzene rings is 2. The maximum Gasteiger partial charge on any atom is 0.408 e. The van der Waals surface area contributed by atoms with Crippen molar-refractivity contribution in [1.82, 2.24) is 9.47 Å². The predicted octanol–water partition coefficient (Wildman–Crippen LogP) is 5.73. The van der Waals surface area contributed by atoms with Gasteiger partial charge in [-0.05, 0) is 41.8 Å². The lowest BCUT2D eigenvalue weighted by Gasteiger charge is -2.43. The number of hydrogen-bond acceptors (Lipinski definition) is 4. The molecule has 0 spiro atoms. The highest BCUT2D eigenvalue weighted by Gasteiger charge is 2.48. The minimum atomic E-state index is -4.75. The summed E-state index contributed by atoms with van der Waals surface area (Å²) in [7, 11) is 0. The van der Waals surface area contributed by atoms with E-state index in [4.69, 9.17) is 11.6 Å². The number of halogens is 5. The van der Waals surface area contributed by atoms with Crippen LogP contribution in [0.15, 0.2) is 58.4 Å². The molecule has 5 nitrogen and oxygen atoms in total. The molecule has 188 valence electrons. The maximum absolute atomic E-state index is 14.2. The van der Waals surface area contributed by atoms with Crippen LogP contribution in [0.1, 0.15) is 46.1 Å². The van der Waals surface area contributed by atoms with Crippen LogP contribution >= 0.6 is 23.4 Å². The summed E-state index contributed by atoms with van der Waals surface area (Å²) >= 11 is 8.03. The number of amides is 1. The van der Waals surface area contributed by atoms with E-state index in [0.29, 0.717) is 31.7 Å². The van der Waals surface area contributed by atoms with E-state index in [-0.39, 0.29) is 6.54 Å². The summed E-state index contributed by atoms with van der Waals surface area (Å²) in [5.41, 5.74) is 0.668. The van der Waals surface area contributed by atoms with Gasteiger partial charge in [0.1, 0.15) is 11.9 Å². The van der Waals surface area contributed by atoms with Crippen molar-refractivity contribution >= 4 is 29.3 Å². The predicted molar refractivity (Wildman–Crippen MR) is 127 cm³/mol. The fraction of sp³-hybridized carbons (Fsp3) is 0.280. The molecule has 0 bridgehead atoms. The lowest BCUT2D eigenvalue weighted by Crippen LogP contribution is -2.54. The Morgan fingerprint density at radius 1 is 1.17 bits per heavy atom. The molecule has 3 heterocycles. The van der Waals surface area contributed by atoms with Gasteiger partial charge in [0, 0.05) is 40.4 Å². The fourth-order valence-electron chi connectivity index (χ4n) is 4.97. The number of pyridine rings is 1. The third-order valence-corrected chi connectivity index (χ3v) is 8.23. The minimum absolute atomic E-state index is 0.370. The van der Waals surface area contributed by atoms with Crippen LogP contribution in [0.4, 0.5) is 17.6 Å². The van der Waals surface area contributed by atoms with Gasteiger partial charge in [-0.25, -0.2) is 4.39 Å². The number of carbonyl (C=O) groups excluding carboxylic acids is 1. The topological polar surface area (TPSA) is 62.5 Å². The zero-order valence-electron chi connectivity index (χ0n) is 18.7. The Bertz CT molecular complexity index is 1440. The Balaban J connectivity index is 1.81. The van der Waals surface area contributed by atoms with Crippen LogP contribution in [0, 0.1) is 5.82 Å². The van der Waals surface area contributed by atoms with Gasteiger partial charge >= 0.3 is 6.18 Å². The standard InChI is InChI=1S/C25H19ClF4N2O3S/c1-12(25(28,29)30)32-10-17(31-8-7-18(33)23(34)22(31)24(32)35)21-15-6-5-14(27)9-19(15)36-11-13-3-2-4-16(26)20(13)21/h2-9,12,17,21,34H,10-11H2,1H3/t12-,17?,21+/m1/s1. The van der Waals surface area contributed by atoms with E-state index in [1.54, 1.807) is 18.2 Å². The van der Waals surface area contributed by atoms with Crippen molar-refractivity contribution in [2.75, 3.05) is 6.54 Å². The van der Waals surface area contributed by atoms with Crippen molar-refractivity contribution < 1.29 is 27.5 Å². The molecule has 3 aromatic rings. The highest BCUT2D eigenvalue weighted by atomic mass is 35.5. The molecular formula is C25H19ClF4N2O3S. The zero-order chi connectivity index (χ0) is 25.9. The Labute approximate surface area is 212 Å². The first kappa shape index (κ1) is 24.7. The minimum Gasteiger partial charge on any atom is -0.503 e. The summed E-state index contributed by atoms with van der Waals surface area (Å²) in [6.07, 6.45) is -3.45. The quantitative estimate of drug-likeness (QED) is 0.423. The molecule has 36 heavy (non-hydrogen) atoms. The van der Waals surface area contributed by atoms with Crippen LogP contribution in [0.3, 0.4) is 0 Å². The first-order valence-electron chi connectivity index (χ1n) is 11.0. The molecule has 1 aromatic heterocycles. The van der Waals surface area contributed by atoms with Crippen molar-refractivity contribution in [2.24, 2.45) is 0 Å². The third-order valence-electron chi connectivity index (χ3n) is 6.78. The van der Waals surface area contributed by atoms with E-state index in [2.05, 4.69) is 0 Å². The molecule has 0 radical (unpaired) electrons. The molecule has 0 fully saturated rings. The van der Waals surface area contributed by atoms with E-state index in [1.807, 2.05) is 6.07 Å². The van der Waals surface area contributed by atoms with Gasteiger partial charge in [-0.2, -0.15) is 13.2 Å². The molecule has 2 aliphatic rings. The largest absolute Gasteiger partial charge is 0.503 e. The Morgan fingerprint density at radius 2 is 1.92 bits per heavy atom. The summed E-state index contributed by atoms with van der Waals surface area (Å²) in [5, 5.41) is 10.9. The van der Waals surface area contributed by atoms with E-state index in [1.165, 1.54) is 34.7 Å². The molecule has 0 saturated carbocycles. The number of fused-ring (bicyclic) bond motifs is 3. The number of aromatic hydroxyl groups is 1. The van der Waals surface area contributed by atoms with E-state index in [0.717, 1.165) is 18.6 Å². The summed E-state index contributed by atoms with van der Waals surface area (Å²) < 4.78 is 56.9. The zero-order valence-corrected chi connectivity index (χ0v) is 20.3. The van der Waals surface area contributed by atoms with Gasteiger partial charge in [0.25, 0.3) is 5.91 Å². The van der Waals surface area contributed by atoms with Crippen LogP contribution in [-0.2, 0) is 5.75 Å². The molecule has 1 N–H and O–H groups in total. The monoisotopic (exact) mass is 538 g/mol. The summed E-state index contributed by atoms with van der Waals surface area (Å²) in [4.78, 5) is 26.6. The molecule has 1 unspecified atom stereocenters. The SMILES string of the molecule is C[C@@H](N1CC([C@@H]2c3ccc(F)cc3SCc3cccc(Cl)c32)n2ccc(=O)c(O)c2C1=O)C(F)(F)F. The van der Waals surface area contributed by atoms with E-state index >= 15 is 0 Å². The van der Waals surface area contributed by atoms with Gasteiger partial charge in [-0.3, -0.25) is 9.59 Å². The number of rotatable bonds is 2. The van der Waals surface area contributed by atoms with Crippen molar-refractivity contribution in [1.29, 1.82) is 0 Å². The van der Waals surface area contributed by atoms with Crippen LogP contribution in [0.2, 0.25) is 5.02 Å². The average molecular weight is 539 g/mol. The average Bonchev–Trinajstić information content (AvgIpc) is 2.98. The molecule has 2 aromatic carbocycles. The maximum atomic E-state index is 14.2. The molecule has 1 amide bonds. The van der Waals surface area contributed by atoms with Gasteiger partial charge in [0.2, 0.25) is 5.43 Å². The van der Waals surface area contributed by atoms with Crippen LogP contribution in [0.25, 0.3) is 0 Å². The van der Waals surface area contributed by atoms with Crippen molar-refractivity contribution in [3.05, 3.63) is 92.1 Å². The first-order chi connectivity index (χ1) is 17.0. The fourth-order valence-corrected chi connectivity index (χ4v) is 6.40. The number of aromatic nitrogens is 1. The van der Waals surface area contributed by atoms with Gasteiger partial charge in [0.15, 0.2) is 11.4 Å². The van der Waals surface area contributed by atoms with Gasteiger partial charge < -0.3 is 14.6 Å². The second kappa shape index (κ2) is 8.85.